The van der Waals surface area contributed by atoms with Crippen molar-refractivity contribution in [2.75, 3.05) is 6.61 Å². The summed E-state index contributed by atoms with van der Waals surface area (Å²) < 4.78 is 5.92. The zero-order chi connectivity index (χ0) is 44.5. The van der Waals surface area contributed by atoms with Crippen molar-refractivity contribution in [3.05, 3.63) is 48.6 Å². The zero-order valence-corrected chi connectivity index (χ0v) is 40.5. The van der Waals surface area contributed by atoms with Gasteiger partial charge >= 0.3 is 5.97 Å². The van der Waals surface area contributed by atoms with Crippen molar-refractivity contribution in [3.63, 3.8) is 0 Å². The van der Waals surface area contributed by atoms with Crippen LogP contribution in [0.5, 0.6) is 0 Å². The molecule has 3 atom stereocenters. The van der Waals surface area contributed by atoms with E-state index >= 15 is 0 Å². The van der Waals surface area contributed by atoms with Gasteiger partial charge < -0.3 is 20.3 Å². The van der Waals surface area contributed by atoms with E-state index in [0.717, 1.165) is 83.5 Å². The minimum absolute atomic E-state index is 0.0581. The fraction of sp³-hybridized carbons (Fsp3) is 0.818. The van der Waals surface area contributed by atoms with Gasteiger partial charge in [0.25, 0.3) is 0 Å². The fourth-order valence-electron chi connectivity index (χ4n) is 7.86. The van der Waals surface area contributed by atoms with Gasteiger partial charge in [-0.3, -0.25) is 9.59 Å². The van der Waals surface area contributed by atoms with E-state index in [1.165, 1.54) is 135 Å². The highest BCUT2D eigenvalue weighted by Crippen LogP contribution is 2.17. The molecular formula is C55H101NO5. The van der Waals surface area contributed by atoms with Gasteiger partial charge in [-0.1, -0.05) is 217 Å². The van der Waals surface area contributed by atoms with E-state index in [1.54, 1.807) is 0 Å². The number of hydrogen-bond donors (Lipinski definition) is 3. The Hall–Kier alpha value is -2.18. The summed E-state index contributed by atoms with van der Waals surface area (Å²) in [5, 5.41) is 23.7. The number of rotatable bonds is 47. The van der Waals surface area contributed by atoms with Crippen LogP contribution in [-0.2, 0) is 14.3 Å². The minimum atomic E-state index is -0.795. The highest BCUT2D eigenvalue weighted by atomic mass is 16.5. The van der Waals surface area contributed by atoms with Crippen LogP contribution in [0.2, 0.25) is 0 Å². The Morgan fingerprint density at radius 2 is 0.885 bits per heavy atom. The second-order valence-electron chi connectivity index (χ2n) is 17.9. The van der Waals surface area contributed by atoms with Crippen LogP contribution in [0.15, 0.2) is 48.6 Å². The van der Waals surface area contributed by atoms with Crippen LogP contribution in [0.25, 0.3) is 0 Å². The van der Waals surface area contributed by atoms with Crippen LogP contribution < -0.4 is 5.32 Å². The molecule has 0 rings (SSSR count). The molecule has 356 valence electrons. The number of esters is 1. The number of ether oxygens (including phenoxy) is 1. The van der Waals surface area contributed by atoms with Gasteiger partial charge in [0.15, 0.2) is 0 Å². The summed E-state index contributed by atoms with van der Waals surface area (Å²) in [6.07, 6.45) is 58.8. The second-order valence-corrected chi connectivity index (χ2v) is 17.9. The van der Waals surface area contributed by atoms with Crippen molar-refractivity contribution < 1.29 is 24.5 Å². The first-order valence-electron chi connectivity index (χ1n) is 26.4. The van der Waals surface area contributed by atoms with Gasteiger partial charge in [0.05, 0.1) is 25.2 Å². The first-order chi connectivity index (χ1) is 30.0. The molecule has 0 bridgehead atoms. The highest BCUT2D eigenvalue weighted by molar-refractivity contribution is 5.77. The predicted octanol–water partition coefficient (Wildman–Crippen LogP) is 15.8. The third-order valence-electron chi connectivity index (χ3n) is 11.9. The molecule has 0 radical (unpaired) electrons. The van der Waals surface area contributed by atoms with Gasteiger partial charge in [-0.15, -0.1) is 0 Å². The van der Waals surface area contributed by atoms with E-state index in [1.807, 2.05) is 0 Å². The molecule has 0 aliphatic carbocycles. The molecule has 0 heterocycles. The third-order valence-corrected chi connectivity index (χ3v) is 11.9. The molecule has 0 fully saturated rings. The number of carbonyl (C=O) groups is 2. The minimum Gasteiger partial charge on any atom is -0.462 e. The van der Waals surface area contributed by atoms with Crippen molar-refractivity contribution in [3.8, 4) is 0 Å². The van der Waals surface area contributed by atoms with E-state index in [-0.39, 0.29) is 24.9 Å². The van der Waals surface area contributed by atoms with Crippen molar-refractivity contribution in [2.24, 2.45) is 0 Å². The molecule has 0 aromatic rings. The van der Waals surface area contributed by atoms with E-state index in [2.05, 4.69) is 74.7 Å². The molecule has 6 heteroatoms. The van der Waals surface area contributed by atoms with Crippen molar-refractivity contribution in [1.82, 2.24) is 5.32 Å². The summed E-state index contributed by atoms with van der Waals surface area (Å²) in [4.78, 5) is 26.1. The van der Waals surface area contributed by atoms with Crippen molar-refractivity contribution in [1.29, 1.82) is 0 Å². The molecule has 0 saturated heterocycles. The van der Waals surface area contributed by atoms with Crippen LogP contribution in [0.4, 0.5) is 0 Å². The summed E-state index contributed by atoms with van der Waals surface area (Å²) >= 11 is 0. The number of carbonyl (C=O) groups excluding carboxylic acids is 2. The van der Waals surface area contributed by atoms with Crippen molar-refractivity contribution in [2.45, 2.75) is 283 Å². The molecule has 3 N–H and O–H groups in total. The molecule has 0 aliphatic rings. The third kappa shape index (κ3) is 44.2. The molecule has 0 spiro atoms. The largest absolute Gasteiger partial charge is 0.462 e. The zero-order valence-electron chi connectivity index (χ0n) is 40.5. The normalized spacial score (nSPS) is 13.6. The topological polar surface area (TPSA) is 95.9 Å². The van der Waals surface area contributed by atoms with Crippen molar-refractivity contribution >= 4 is 11.9 Å². The first-order valence-corrected chi connectivity index (χ1v) is 26.4. The predicted molar refractivity (Wildman–Crippen MR) is 264 cm³/mol. The quantitative estimate of drug-likeness (QED) is 0.0245. The fourth-order valence-corrected chi connectivity index (χ4v) is 7.86. The molecule has 0 saturated carbocycles. The number of amides is 1. The number of unbranched alkanes of at least 4 members (excludes halogenated alkanes) is 28. The summed E-state index contributed by atoms with van der Waals surface area (Å²) in [6, 6.07) is -0.711. The molecule has 0 aromatic heterocycles. The van der Waals surface area contributed by atoms with Gasteiger partial charge in [-0.2, -0.15) is 0 Å². The molecule has 0 aromatic carbocycles. The van der Waals surface area contributed by atoms with E-state index in [9.17, 15) is 19.8 Å². The summed E-state index contributed by atoms with van der Waals surface area (Å²) in [5.74, 6) is -0.514. The number of allylic oxidation sites excluding steroid dienone is 8. The maximum atomic E-state index is 13.2. The summed E-state index contributed by atoms with van der Waals surface area (Å²) in [7, 11) is 0. The van der Waals surface area contributed by atoms with E-state index < -0.39 is 18.2 Å². The number of aliphatic hydroxyl groups is 2. The Labute approximate surface area is 378 Å². The summed E-state index contributed by atoms with van der Waals surface area (Å²) in [6.45, 7) is 6.44. The number of aliphatic hydroxyl groups excluding tert-OH is 2. The van der Waals surface area contributed by atoms with Gasteiger partial charge in [0.1, 0.15) is 6.10 Å². The molecule has 6 nitrogen and oxygen atoms in total. The van der Waals surface area contributed by atoms with E-state index in [4.69, 9.17) is 4.74 Å². The van der Waals surface area contributed by atoms with E-state index in [0.29, 0.717) is 19.3 Å². The Morgan fingerprint density at radius 3 is 1.38 bits per heavy atom. The van der Waals surface area contributed by atoms with Gasteiger partial charge in [-0.05, 0) is 83.5 Å². The maximum Gasteiger partial charge on any atom is 0.306 e. The smallest absolute Gasteiger partial charge is 0.306 e. The second kappa shape index (κ2) is 48.8. The molecular weight excluding hydrogens is 755 g/mol. The molecule has 0 aliphatic heterocycles. The number of hydrogen-bond acceptors (Lipinski definition) is 5. The summed E-state index contributed by atoms with van der Waals surface area (Å²) in [5.41, 5.74) is 0. The average molecular weight is 856 g/mol. The van der Waals surface area contributed by atoms with Crippen LogP contribution >= 0.6 is 0 Å². The Kier molecular flexibility index (Phi) is 47.1. The Balaban J connectivity index is 4.65. The van der Waals surface area contributed by atoms with Crippen LogP contribution in [0, 0.1) is 0 Å². The molecule has 3 unspecified atom stereocenters. The van der Waals surface area contributed by atoms with Crippen LogP contribution in [0.1, 0.15) is 265 Å². The standard InChI is InChI=1S/C55H101NO5/c1-4-7-10-13-16-19-22-24-26-28-30-33-36-39-42-45-48-55(60)61-51(46-43-40-37-34-32-29-27-25-23-20-17-14-11-8-5-2)49-54(59)56-52(50-57)53(58)47-44-41-38-35-31-21-18-15-12-9-6-3/h17,20,25-28,30,33,51-53,57-58H,4-16,18-19,21-24,29,31-32,34-50H2,1-3H3,(H,56,59)/b20-17-,27-25-,28-26+,33-30+. The first kappa shape index (κ1) is 58.8. The lowest BCUT2D eigenvalue weighted by Crippen LogP contribution is -2.46. The monoisotopic (exact) mass is 856 g/mol. The lowest BCUT2D eigenvalue weighted by molar-refractivity contribution is -0.151. The number of nitrogens with one attached hydrogen (secondary N) is 1. The lowest BCUT2D eigenvalue weighted by Gasteiger charge is -2.24. The average Bonchev–Trinajstić information content (AvgIpc) is 3.25. The molecule has 1 amide bonds. The van der Waals surface area contributed by atoms with Crippen LogP contribution in [0.3, 0.4) is 0 Å². The SMILES string of the molecule is CCCCC/C=C\C/C=C\CCCCCCCC(CC(=O)NC(CO)C(O)CCCCCCCCCCCCC)OC(=O)CCCCC/C=C/C=C/CCCCCCCCC. The highest BCUT2D eigenvalue weighted by Gasteiger charge is 2.24. The maximum absolute atomic E-state index is 13.2. The Morgan fingerprint density at radius 1 is 0.492 bits per heavy atom. The van der Waals surface area contributed by atoms with Gasteiger partial charge in [0, 0.05) is 6.42 Å². The van der Waals surface area contributed by atoms with Gasteiger partial charge in [-0.25, -0.2) is 0 Å². The molecule has 61 heavy (non-hydrogen) atoms. The van der Waals surface area contributed by atoms with Crippen LogP contribution in [-0.4, -0.2) is 46.9 Å². The Bertz CT molecular complexity index is 1050. The lowest BCUT2D eigenvalue weighted by atomic mass is 10.0. The van der Waals surface area contributed by atoms with Gasteiger partial charge in [0.2, 0.25) is 5.91 Å².